The van der Waals surface area contributed by atoms with Gasteiger partial charge in [-0.2, -0.15) is 4.98 Å². The highest BCUT2D eigenvalue weighted by molar-refractivity contribution is 9.10. The molecule has 1 aliphatic rings. The van der Waals surface area contributed by atoms with Gasteiger partial charge < -0.3 is 9.84 Å². The lowest BCUT2D eigenvalue weighted by Gasteiger charge is -2.36. The van der Waals surface area contributed by atoms with E-state index in [2.05, 4.69) is 55.7 Å². The highest BCUT2D eigenvalue weighted by Gasteiger charge is 2.29. The SMILES string of the molecule is Brc1ccc(C2CC(NCCc3ncno3)C2)cc1. The Morgan fingerprint density at radius 2 is 2.05 bits per heavy atom. The number of nitrogens with one attached hydrogen (secondary N) is 1. The Morgan fingerprint density at radius 3 is 2.74 bits per heavy atom. The second kappa shape index (κ2) is 5.84. The molecule has 100 valence electrons. The quantitative estimate of drug-likeness (QED) is 0.920. The molecular weight excluding hydrogens is 306 g/mol. The average molecular weight is 322 g/mol. The van der Waals surface area contributed by atoms with E-state index in [0.717, 1.165) is 17.4 Å². The van der Waals surface area contributed by atoms with Gasteiger partial charge in [0.1, 0.15) is 0 Å². The van der Waals surface area contributed by atoms with Crippen molar-refractivity contribution in [2.45, 2.75) is 31.2 Å². The first-order chi connectivity index (χ1) is 9.31. The lowest BCUT2D eigenvalue weighted by molar-refractivity contribution is 0.287. The summed E-state index contributed by atoms with van der Waals surface area (Å²) in [5.41, 5.74) is 1.44. The third-order valence-electron chi connectivity index (χ3n) is 3.66. The summed E-state index contributed by atoms with van der Waals surface area (Å²) in [5.74, 6) is 1.41. The first kappa shape index (κ1) is 12.8. The van der Waals surface area contributed by atoms with E-state index in [4.69, 9.17) is 4.52 Å². The van der Waals surface area contributed by atoms with Crippen LogP contribution >= 0.6 is 15.9 Å². The van der Waals surface area contributed by atoms with Gasteiger partial charge in [0.15, 0.2) is 6.33 Å². The van der Waals surface area contributed by atoms with Crippen LogP contribution in [0.15, 0.2) is 39.6 Å². The van der Waals surface area contributed by atoms with Gasteiger partial charge in [-0.3, -0.25) is 0 Å². The second-order valence-corrected chi connectivity index (χ2v) is 5.87. The van der Waals surface area contributed by atoms with Crippen LogP contribution < -0.4 is 5.32 Å². The first-order valence-corrected chi connectivity index (χ1v) is 7.35. The van der Waals surface area contributed by atoms with Crippen LogP contribution in [0.2, 0.25) is 0 Å². The lowest BCUT2D eigenvalue weighted by atomic mass is 9.76. The number of hydrogen-bond donors (Lipinski definition) is 1. The summed E-state index contributed by atoms with van der Waals surface area (Å²) in [4.78, 5) is 4.01. The number of rotatable bonds is 5. The monoisotopic (exact) mass is 321 g/mol. The standard InChI is InChI=1S/C14H16BrN3O/c15-12-3-1-10(2-4-12)11-7-13(8-11)16-6-5-14-17-9-18-19-14/h1-4,9,11,13,16H,5-8H2. The zero-order chi connectivity index (χ0) is 13.1. The molecule has 1 fully saturated rings. The fourth-order valence-electron chi connectivity index (χ4n) is 2.48. The predicted octanol–water partition coefficient (Wildman–Crippen LogP) is 2.91. The van der Waals surface area contributed by atoms with Crippen LogP contribution in [0.4, 0.5) is 0 Å². The molecule has 1 saturated carbocycles. The molecule has 0 spiro atoms. The summed E-state index contributed by atoms with van der Waals surface area (Å²) >= 11 is 3.47. The average Bonchev–Trinajstić information content (AvgIpc) is 2.87. The fraction of sp³-hybridized carbons (Fsp3) is 0.429. The first-order valence-electron chi connectivity index (χ1n) is 6.55. The van der Waals surface area contributed by atoms with Gasteiger partial charge in [0, 0.05) is 23.5 Å². The lowest BCUT2D eigenvalue weighted by Crippen LogP contribution is -2.40. The van der Waals surface area contributed by atoms with Gasteiger partial charge in [-0.05, 0) is 36.5 Å². The topological polar surface area (TPSA) is 51.0 Å². The van der Waals surface area contributed by atoms with E-state index in [1.165, 1.54) is 24.7 Å². The molecule has 0 saturated heterocycles. The molecule has 3 rings (SSSR count). The minimum Gasteiger partial charge on any atom is -0.340 e. The third kappa shape index (κ3) is 3.22. The van der Waals surface area contributed by atoms with Crippen LogP contribution in [0.25, 0.3) is 0 Å². The summed E-state index contributed by atoms with van der Waals surface area (Å²) in [6.45, 7) is 0.903. The highest BCUT2D eigenvalue weighted by Crippen LogP contribution is 2.37. The third-order valence-corrected chi connectivity index (χ3v) is 4.19. The summed E-state index contributed by atoms with van der Waals surface area (Å²) in [6, 6.07) is 9.28. The summed E-state index contributed by atoms with van der Waals surface area (Å²) in [7, 11) is 0. The molecular formula is C14H16BrN3O. The molecule has 1 aliphatic carbocycles. The van der Waals surface area contributed by atoms with E-state index in [-0.39, 0.29) is 0 Å². The van der Waals surface area contributed by atoms with Crippen LogP contribution in [-0.4, -0.2) is 22.7 Å². The number of hydrogen-bond acceptors (Lipinski definition) is 4. The van der Waals surface area contributed by atoms with Crippen molar-refractivity contribution in [1.29, 1.82) is 0 Å². The zero-order valence-electron chi connectivity index (χ0n) is 10.6. The molecule has 0 bridgehead atoms. The minimum atomic E-state index is 0.622. The normalized spacial score (nSPS) is 22.2. The number of aromatic nitrogens is 2. The van der Waals surface area contributed by atoms with Gasteiger partial charge in [0.05, 0.1) is 0 Å². The van der Waals surface area contributed by atoms with Gasteiger partial charge >= 0.3 is 0 Å². The Bertz CT molecular complexity index is 506. The van der Waals surface area contributed by atoms with E-state index in [9.17, 15) is 0 Å². The molecule has 5 heteroatoms. The van der Waals surface area contributed by atoms with Gasteiger partial charge in [-0.15, -0.1) is 0 Å². The molecule has 0 aliphatic heterocycles. The summed E-state index contributed by atoms with van der Waals surface area (Å²) in [6.07, 6.45) is 4.68. The Kier molecular flexibility index (Phi) is 3.94. The van der Waals surface area contributed by atoms with Crippen molar-refractivity contribution in [3.05, 3.63) is 46.5 Å². The molecule has 4 nitrogen and oxygen atoms in total. The molecule has 19 heavy (non-hydrogen) atoms. The molecule has 1 heterocycles. The van der Waals surface area contributed by atoms with E-state index < -0.39 is 0 Å². The van der Waals surface area contributed by atoms with Crippen molar-refractivity contribution in [3.63, 3.8) is 0 Å². The number of nitrogens with zero attached hydrogens (tertiary/aromatic N) is 2. The van der Waals surface area contributed by atoms with Crippen molar-refractivity contribution < 1.29 is 4.52 Å². The van der Waals surface area contributed by atoms with Gasteiger partial charge in [-0.1, -0.05) is 33.2 Å². The Hall–Kier alpha value is -1.20. The van der Waals surface area contributed by atoms with Gasteiger partial charge in [-0.25, -0.2) is 0 Å². The van der Waals surface area contributed by atoms with Crippen molar-refractivity contribution in [2.24, 2.45) is 0 Å². The minimum absolute atomic E-state index is 0.622. The maximum absolute atomic E-state index is 4.96. The molecule has 0 radical (unpaired) electrons. The number of halogens is 1. The van der Waals surface area contributed by atoms with Crippen LogP contribution in [0.5, 0.6) is 0 Å². The molecule has 0 atom stereocenters. The van der Waals surface area contributed by atoms with E-state index in [0.29, 0.717) is 17.9 Å². The van der Waals surface area contributed by atoms with Crippen molar-refractivity contribution >= 4 is 15.9 Å². The zero-order valence-corrected chi connectivity index (χ0v) is 12.1. The Labute approximate surface area is 120 Å². The maximum Gasteiger partial charge on any atom is 0.227 e. The van der Waals surface area contributed by atoms with Crippen LogP contribution in [0.3, 0.4) is 0 Å². The van der Waals surface area contributed by atoms with Crippen LogP contribution in [-0.2, 0) is 6.42 Å². The van der Waals surface area contributed by atoms with Crippen LogP contribution in [0.1, 0.15) is 30.2 Å². The second-order valence-electron chi connectivity index (χ2n) is 4.96. The fourth-order valence-corrected chi connectivity index (χ4v) is 2.75. The van der Waals surface area contributed by atoms with Gasteiger partial charge in [0.2, 0.25) is 5.89 Å². The molecule has 2 aromatic rings. The molecule has 1 aromatic heterocycles. The largest absolute Gasteiger partial charge is 0.340 e. The van der Waals surface area contributed by atoms with E-state index in [1.807, 2.05) is 0 Å². The molecule has 0 unspecified atom stereocenters. The highest BCUT2D eigenvalue weighted by atomic mass is 79.9. The Balaban J connectivity index is 1.39. The summed E-state index contributed by atoms with van der Waals surface area (Å²) in [5, 5.41) is 7.13. The smallest absolute Gasteiger partial charge is 0.227 e. The van der Waals surface area contributed by atoms with Crippen molar-refractivity contribution in [3.8, 4) is 0 Å². The van der Waals surface area contributed by atoms with Crippen molar-refractivity contribution in [2.75, 3.05) is 6.54 Å². The molecule has 1 aromatic carbocycles. The van der Waals surface area contributed by atoms with E-state index in [1.54, 1.807) is 0 Å². The Morgan fingerprint density at radius 1 is 1.26 bits per heavy atom. The predicted molar refractivity (Wildman–Crippen MR) is 75.9 cm³/mol. The van der Waals surface area contributed by atoms with Crippen molar-refractivity contribution in [1.82, 2.24) is 15.5 Å². The maximum atomic E-state index is 4.96. The molecule has 0 amide bonds. The number of benzene rings is 1. The van der Waals surface area contributed by atoms with E-state index >= 15 is 0 Å². The van der Waals surface area contributed by atoms with Crippen LogP contribution in [0, 0.1) is 0 Å². The van der Waals surface area contributed by atoms with Gasteiger partial charge in [0.25, 0.3) is 0 Å². The molecule has 1 N–H and O–H groups in total. The summed E-state index contributed by atoms with van der Waals surface area (Å²) < 4.78 is 6.11.